The number of benzene rings is 1. The summed E-state index contributed by atoms with van der Waals surface area (Å²) in [6.07, 6.45) is 2.23. The van der Waals surface area contributed by atoms with E-state index in [0.29, 0.717) is 28.7 Å². The van der Waals surface area contributed by atoms with E-state index in [0.717, 1.165) is 5.56 Å². The molecular weight excluding hydrogens is 325 g/mol. The molecule has 2 rings (SSSR count). The molecule has 22 heavy (non-hydrogen) atoms. The number of aryl methyl sites for hydroxylation is 1. The molecule has 0 saturated heterocycles. The molecule has 0 radical (unpaired) electrons. The molecule has 0 bridgehead atoms. The number of nitrogens with zero attached hydrogens (tertiary/aromatic N) is 3. The van der Waals surface area contributed by atoms with Gasteiger partial charge in [0.25, 0.3) is 5.91 Å². The van der Waals surface area contributed by atoms with Crippen molar-refractivity contribution < 1.29 is 9.90 Å². The van der Waals surface area contributed by atoms with Gasteiger partial charge in [0.15, 0.2) is 6.10 Å². The number of aromatic nitrogens is 2. The van der Waals surface area contributed by atoms with Gasteiger partial charge in [-0.1, -0.05) is 23.2 Å². The molecular formula is C15H17Cl2N3O2. The van der Waals surface area contributed by atoms with Crippen LogP contribution in [0.5, 0.6) is 0 Å². The molecule has 118 valence electrons. The number of aliphatic hydroxyl groups excluding tert-OH is 1. The van der Waals surface area contributed by atoms with Crippen molar-refractivity contribution in [1.82, 2.24) is 14.7 Å². The largest absolute Gasteiger partial charge is 0.378 e. The average Bonchev–Trinajstić information content (AvgIpc) is 2.87. The van der Waals surface area contributed by atoms with E-state index in [2.05, 4.69) is 5.10 Å². The Balaban J connectivity index is 2.16. The van der Waals surface area contributed by atoms with E-state index in [9.17, 15) is 9.90 Å². The second-order valence-electron chi connectivity index (χ2n) is 4.98. The van der Waals surface area contributed by atoms with Crippen LogP contribution in [0.1, 0.15) is 24.2 Å². The van der Waals surface area contributed by atoms with Crippen LogP contribution >= 0.6 is 23.2 Å². The first kappa shape index (κ1) is 16.8. The third kappa shape index (κ3) is 4.00. The highest BCUT2D eigenvalue weighted by molar-refractivity contribution is 6.34. The summed E-state index contributed by atoms with van der Waals surface area (Å²) < 4.78 is 1.67. The lowest BCUT2D eigenvalue weighted by molar-refractivity contribution is -0.141. The van der Waals surface area contributed by atoms with Crippen LogP contribution in [0.25, 0.3) is 0 Å². The van der Waals surface area contributed by atoms with Gasteiger partial charge in [0, 0.05) is 41.9 Å². The van der Waals surface area contributed by atoms with E-state index < -0.39 is 12.0 Å². The smallest absolute Gasteiger partial charge is 0.256 e. The number of hydrogen-bond donors (Lipinski definition) is 1. The number of carbonyl (C=O) groups excluding carboxylic acids is 1. The van der Waals surface area contributed by atoms with Gasteiger partial charge < -0.3 is 10.0 Å². The maximum atomic E-state index is 12.5. The van der Waals surface area contributed by atoms with Gasteiger partial charge in [-0.2, -0.15) is 5.10 Å². The number of likely N-dealkylation sites (N-methyl/N-ethyl adjacent to an activating group) is 1. The number of aliphatic hydroxyl groups is 1. The fourth-order valence-corrected chi connectivity index (χ4v) is 2.71. The van der Waals surface area contributed by atoms with Gasteiger partial charge in [-0.05, 0) is 30.7 Å². The van der Waals surface area contributed by atoms with E-state index in [1.165, 1.54) is 12.1 Å². The lowest BCUT2D eigenvalue weighted by atomic mass is 10.1. The minimum atomic E-state index is -1.30. The third-order valence-corrected chi connectivity index (χ3v) is 3.70. The molecule has 1 amide bonds. The second kappa shape index (κ2) is 7.13. The van der Waals surface area contributed by atoms with Gasteiger partial charge >= 0.3 is 0 Å². The van der Waals surface area contributed by atoms with Crippen LogP contribution in [-0.4, -0.2) is 32.2 Å². The first-order valence-electron chi connectivity index (χ1n) is 6.81. The van der Waals surface area contributed by atoms with Crippen molar-refractivity contribution in [3.8, 4) is 0 Å². The van der Waals surface area contributed by atoms with E-state index in [-0.39, 0.29) is 0 Å². The van der Waals surface area contributed by atoms with Crippen LogP contribution in [0.4, 0.5) is 0 Å². The Bertz CT molecular complexity index is 652. The Hall–Kier alpha value is -1.56. The molecule has 1 aromatic heterocycles. The number of hydrogen-bond acceptors (Lipinski definition) is 3. The lowest BCUT2D eigenvalue weighted by Crippen LogP contribution is -2.34. The zero-order chi connectivity index (χ0) is 16.3. The standard InChI is InChI=1S/C15H17Cl2N3O2/c1-3-20(9-10-7-18-19(2)8-10)15(22)14(21)11-4-12(16)6-13(17)5-11/h4-8,14,21H,3,9H2,1-2H3. The average molecular weight is 342 g/mol. The first-order valence-corrected chi connectivity index (χ1v) is 7.56. The summed E-state index contributed by atoms with van der Waals surface area (Å²) in [5, 5.41) is 15.1. The molecule has 0 fully saturated rings. The zero-order valence-electron chi connectivity index (χ0n) is 12.3. The van der Waals surface area contributed by atoms with E-state index in [4.69, 9.17) is 23.2 Å². The van der Waals surface area contributed by atoms with Gasteiger partial charge in [0.05, 0.1) is 6.20 Å². The van der Waals surface area contributed by atoms with Crippen molar-refractivity contribution in [3.63, 3.8) is 0 Å². The van der Waals surface area contributed by atoms with Crippen LogP contribution in [-0.2, 0) is 18.4 Å². The summed E-state index contributed by atoms with van der Waals surface area (Å²) >= 11 is 11.8. The molecule has 0 spiro atoms. The maximum Gasteiger partial charge on any atom is 0.256 e. The summed E-state index contributed by atoms with van der Waals surface area (Å²) in [4.78, 5) is 14.0. The SMILES string of the molecule is CCN(Cc1cnn(C)c1)C(=O)C(O)c1cc(Cl)cc(Cl)c1. The number of amides is 1. The van der Waals surface area contributed by atoms with Gasteiger partial charge in [-0.3, -0.25) is 9.48 Å². The number of halogens is 2. The van der Waals surface area contributed by atoms with Gasteiger partial charge in [0.1, 0.15) is 0 Å². The molecule has 1 heterocycles. The normalized spacial score (nSPS) is 12.2. The fourth-order valence-electron chi connectivity index (χ4n) is 2.17. The summed E-state index contributed by atoms with van der Waals surface area (Å²) in [5.74, 6) is -0.398. The molecule has 5 nitrogen and oxygen atoms in total. The zero-order valence-corrected chi connectivity index (χ0v) is 13.8. The van der Waals surface area contributed by atoms with Crippen molar-refractivity contribution in [2.24, 2.45) is 7.05 Å². The Morgan fingerprint density at radius 2 is 2.00 bits per heavy atom. The van der Waals surface area contributed by atoms with Crippen molar-refractivity contribution in [3.05, 3.63) is 51.8 Å². The van der Waals surface area contributed by atoms with Crippen LogP contribution in [0.2, 0.25) is 10.0 Å². The van der Waals surface area contributed by atoms with Crippen molar-refractivity contribution >= 4 is 29.1 Å². The van der Waals surface area contributed by atoms with Crippen LogP contribution in [0, 0.1) is 0 Å². The summed E-state index contributed by atoms with van der Waals surface area (Å²) in [6.45, 7) is 2.71. The van der Waals surface area contributed by atoms with Crippen LogP contribution in [0.3, 0.4) is 0 Å². The summed E-state index contributed by atoms with van der Waals surface area (Å²) in [7, 11) is 1.81. The predicted octanol–water partition coefficient (Wildman–Crippen LogP) is 2.81. The van der Waals surface area contributed by atoms with E-state index in [1.807, 2.05) is 20.2 Å². The monoisotopic (exact) mass is 341 g/mol. The van der Waals surface area contributed by atoms with E-state index in [1.54, 1.807) is 21.8 Å². The quantitative estimate of drug-likeness (QED) is 0.909. The molecule has 2 aromatic rings. The van der Waals surface area contributed by atoms with Crippen LogP contribution in [0.15, 0.2) is 30.6 Å². The maximum absolute atomic E-state index is 12.5. The highest BCUT2D eigenvalue weighted by Gasteiger charge is 2.24. The molecule has 0 aliphatic heterocycles. The Kier molecular flexibility index (Phi) is 5.45. The molecule has 0 aliphatic carbocycles. The lowest BCUT2D eigenvalue weighted by Gasteiger charge is -2.23. The topological polar surface area (TPSA) is 58.4 Å². The summed E-state index contributed by atoms with van der Waals surface area (Å²) in [6, 6.07) is 4.62. The molecule has 0 aliphatic rings. The molecule has 7 heteroatoms. The highest BCUT2D eigenvalue weighted by atomic mass is 35.5. The molecule has 1 N–H and O–H groups in total. The summed E-state index contributed by atoms with van der Waals surface area (Å²) in [5.41, 5.74) is 1.28. The molecule has 1 aromatic carbocycles. The highest BCUT2D eigenvalue weighted by Crippen LogP contribution is 2.25. The Labute approximate surface area is 139 Å². The minimum Gasteiger partial charge on any atom is -0.378 e. The third-order valence-electron chi connectivity index (χ3n) is 3.26. The second-order valence-corrected chi connectivity index (χ2v) is 5.85. The van der Waals surface area contributed by atoms with Crippen molar-refractivity contribution in [2.45, 2.75) is 19.6 Å². The number of carbonyl (C=O) groups is 1. The van der Waals surface area contributed by atoms with Gasteiger partial charge in [0.2, 0.25) is 0 Å². The first-order chi connectivity index (χ1) is 10.4. The molecule has 1 unspecified atom stereocenters. The van der Waals surface area contributed by atoms with Crippen molar-refractivity contribution in [2.75, 3.05) is 6.54 Å². The fraction of sp³-hybridized carbons (Fsp3) is 0.333. The molecule has 1 atom stereocenters. The Morgan fingerprint density at radius 3 is 2.50 bits per heavy atom. The van der Waals surface area contributed by atoms with E-state index >= 15 is 0 Å². The van der Waals surface area contributed by atoms with Gasteiger partial charge in [-0.15, -0.1) is 0 Å². The predicted molar refractivity (Wildman–Crippen MR) is 85.7 cm³/mol. The minimum absolute atomic E-state index is 0.379. The van der Waals surface area contributed by atoms with Gasteiger partial charge in [-0.25, -0.2) is 0 Å². The molecule has 0 saturated carbocycles. The number of rotatable bonds is 5. The Morgan fingerprint density at radius 1 is 1.36 bits per heavy atom. The van der Waals surface area contributed by atoms with Crippen LogP contribution < -0.4 is 0 Å². The van der Waals surface area contributed by atoms with Crippen molar-refractivity contribution in [1.29, 1.82) is 0 Å².